The molecule has 0 bridgehead atoms. The molecule has 0 aliphatic carbocycles. The number of rotatable bonds is 7. The number of carboxylic acid groups (broad SMARTS) is 2. The van der Waals surface area contributed by atoms with Gasteiger partial charge < -0.3 is 35.7 Å². The van der Waals surface area contributed by atoms with Crippen molar-refractivity contribution in [1.82, 2.24) is 0 Å². The molecule has 0 spiro atoms. The highest BCUT2D eigenvalue weighted by molar-refractivity contribution is 5.75. The van der Waals surface area contributed by atoms with E-state index in [-0.39, 0.29) is 6.61 Å². The highest BCUT2D eigenvalue weighted by Gasteiger charge is 2.37. The van der Waals surface area contributed by atoms with E-state index in [1.165, 1.54) is 0 Å². The fourth-order valence-electron chi connectivity index (χ4n) is 0.916. The van der Waals surface area contributed by atoms with Crippen LogP contribution in [0.1, 0.15) is 6.92 Å². The van der Waals surface area contributed by atoms with Crippen molar-refractivity contribution >= 4 is 11.9 Å². The molecule has 21 heavy (non-hydrogen) atoms. The van der Waals surface area contributed by atoms with Crippen LogP contribution < -0.4 is 0 Å². The molecule has 0 saturated heterocycles. The van der Waals surface area contributed by atoms with Crippen LogP contribution in [0.5, 0.6) is 0 Å². The van der Waals surface area contributed by atoms with Crippen molar-refractivity contribution in [3.63, 3.8) is 0 Å². The van der Waals surface area contributed by atoms with E-state index in [9.17, 15) is 9.59 Å². The molecule has 0 aliphatic rings. The molecule has 0 heterocycles. The summed E-state index contributed by atoms with van der Waals surface area (Å²) in [5, 5.41) is 59.6. The van der Waals surface area contributed by atoms with E-state index in [1.54, 1.807) is 12.2 Å². The number of aliphatic carboxylic acids is 2. The Morgan fingerprint density at radius 2 is 1.29 bits per heavy atom. The summed E-state index contributed by atoms with van der Waals surface area (Å²) in [4.78, 5) is 20.2. The zero-order valence-electron chi connectivity index (χ0n) is 11.3. The van der Waals surface area contributed by atoms with Crippen LogP contribution >= 0.6 is 0 Å². The van der Waals surface area contributed by atoms with Gasteiger partial charge in [-0.1, -0.05) is 24.3 Å². The predicted octanol–water partition coefficient (Wildman–Crippen LogP) is -2.29. The van der Waals surface area contributed by atoms with Crippen LogP contribution in [0.15, 0.2) is 24.3 Å². The smallest absolute Gasteiger partial charge is 0.335 e. The van der Waals surface area contributed by atoms with Gasteiger partial charge >= 0.3 is 11.9 Å². The Morgan fingerprint density at radius 1 is 0.905 bits per heavy atom. The molecule has 0 radical (unpaired) electrons. The van der Waals surface area contributed by atoms with Gasteiger partial charge in [0.1, 0.15) is 12.2 Å². The van der Waals surface area contributed by atoms with Crippen molar-refractivity contribution in [2.24, 2.45) is 0 Å². The van der Waals surface area contributed by atoms with E-state index < -0.39 is 36.4 Å². The highest BCUT2D eigenvalue weighted by Crippen LogP contribution is 2.05. The normalized spacial score (nSPS) is 16.9. The van der Waals surface area contributed by atoms with Crippen molar-refractivity contribution in [1.29, 1.82) is 0 Å². The lowest BCUT2D eigenvalue weighted by Gasteiger charge is -2.21. The van der Waals surface area contributed by atoms with Crippen molar-refractivity contribution in [2.75, 3.05) is 6.61 Å². The Bertz CT molecular complexity index is 340. The van der Waals surface area contributed by atoms with Crippen molar-refractivity contribution in [3.05, 3.63) is 24.3 Å². The molecule has 9 nitrogen and oxygen atoms in total. The van der Waals surface area contributed by atoms with Gasteiger partial charge in [0, 0.05) is 0 Å². The SMILES string of the molecule is C/C=C/C=C/CO.O=C(O)C(O)C(O)C(O)C(O)C(=O)O. The second kappa shape index (κ2) is 12.0. The third-order valence-corrected chi connectivity index (χ3v) is 2.05. The lowest BCUT2D eigenvalue weighted by Crippen LogP contribution is -2.49. The zero-order chi connectivity index (χ0) is 17.0. The molecule has 0 saturated carbocycles. The Hall–Kier alpha value is -1.78. The number of allylic oxidation sites excluding steroid dienone is 3. The molecule has 0 aromatic carbocycles. The molecule has 9 heteroatoms. The van der Waals surface area contributed by atoms with E-state index >= 15 is 0 Å². The minimum absolute atomic E-state index is 0.129. The summed E-state index contributed by atoms with van der Waals surface area (Å²) >= 11 is 0. The Kier molecular flexibility index (Phi) is 12.3. The first-order chi connectivity index (χ1) is 9.70. The van der Waals surface area contributed by atoms with Crippen molar-refractivity contribution in [3.8, 4) is 0 Å². The van der Waals surface area contributed by atoms with Crippen LogP contribution in [0.3, 0.4) is 0 Å². The Labute approximate surface area is 120 Å². The van der Waals surface area contributed by atoms with E-state index in [2.05, 4.69) is 0 Å². The van der Waals surface area contributed by atoms with Crippen LogP contribution in [0.2, 0.25) is 0 Å². The van der Waals surface area contributed by atoms with Crippen LogP contribution in [0.25, 0.3) is 0 Å². The van der Waals surface area contributed by atoms with E-state index in [4.69, 9.17) is 35.7 Å². The largest absolute Gasteiger partial charge is 0.479 e. The highest BCUT2D eigenvalue weighted by atomic mass is 16.4. The molecule has 122 valence electrons. The van der Waals surface area contributed by atoms with Crippen molar-refractivity contribution < 1.29 is 45.3 Å². The first-order valence-electron chi connectivity index (χ1n) is 5.77. The minimum Gasteiger partial charge on any atom is -0.479 e. The number of aliphatic hydroxyl groups is 5. The molecule has 4 atom stereocenters. The average molecular weight is 308 g/mol. The summed E-state index contributed by atoms with van der Waals surface area (Å²) in [6.45, 7) is 2.06. The number of hydrogen-bond acceptors (Lipinski definition) is 7. The Morgan fingerprint density at radius 3 is 1.52 bits per heavy atom. The lowest BCUT2D eigenvalue weighted by molar-refractivity contribution is -0.172. The van der Waals surface area contributed by atoms with Gasteiger partial charge in [0.25, 0.3) is 0 Å². The second-order valence-electron chi connectivity index (χ2n) is 3.68. The van der Waals surface area contributed by atoms with Crippen LogP contribution in [-0.2, 0) is 9.59 Å². The zero-order valence-corrected chi connectivity index (χ0v) is 11.3. The third-order valence-electron chi connectivity index (χ3n) is 2.05. The first kappa shape index (κ1) is 21.5. The van der Waals surface area contributed by atoms with Gasteiger partial charge in [-0.25, -0.2) is 9.59 Å². The Balaban J connectivity index is 0. The molecule has 0 aromatic rings. The van der Waals surface area contributed by atoms with Crippen molar-refractivity contribution in [2.45, 2.75) is 31.3 Å². The fourth-order valence-corrected chi connectivity index (χ4v) is 0.916. The van der Waals surface area contributed by atoms with E-state index in [0.29, 0.717) is 0 Å². The molecule has 0 aliphatic heterocycles. The summed E-state index contributed by atoms with van der Waals surface area (Å²) < 4.78 is 0. The van der Waals surface area contributed by atoms with Gasteiger partial charge in [0.2, 0.25) is 0 Å². The number of carboxylic acids is 2. The molecule has 4 unspecified atom stereocenters. The lowest BCUT2D eigenvalue weighted by atomic mass is 10.0. The number of carbonyl (C=O) groups is 2. The van der Waals surface area contributed by atoms with Crippen LogP contribution in [0.4, 0.5) is 0 Å². The maximum Gasteiger partial charge on any atom is 0.335 e. The van der Waals surface area contributed by atoms with Gasteiger partial charge in [-0.3, -0.25) is 0 Å². The average Bonchev–Trinajstić information content (AvgIpc) is 2.45. The summed E-state index contributed by atoms with van der Waals surface area (Å²) in [6, 6.07) is 0. The number of hydrogen-bond donors (Lipinski definition) is 7. The second-order valence-corrected chi connectivity index (χ2v) is 3.68. The van der Waals surface area contributed by atoms with Gasteiger partial charge in [0.15, 0.2) is 12.2 Å². The quantitative estimate of drug-likeness (QED) is 0.255. The standard InChI is InChI=1S/C6H10O8.C6H10O/c7-1(3(9)5(11)12)2(8)4(10)6(13)14;1-2-3-4-5-6-7/h1-4,7-10H,(H,11,12)(H,13,14);2-5,7H,6H2,1H3/b;3-2+,5-4+. The third kappa shape index (κ3) is 9.71. The molecule has 0 amide bonds. The van der Waals surface area contributed by atoms with Crippen LogP contribution in [-0.4, -0.2) is 78.7 Å². The molecular formula is C12H20O9. The molecule has 0 rings (SSSR count). The maximum absolute atomic E-state index is 10.1. The molecule has 0 fully saturated rings. The van der Waals surface area contributed by atoms with Gasteiger partial charge in [-0.15, -0.1) is 0 Å². The predicted molar refractivity (Wildman–Crippen MR) is 70.3 cm³/mol. The van der Waals surface area contributed by atoms with E-state index in [1.807, 2.05) is 19.1 Å². The summed E-state index contributed by atoms with van der Waals surface area (Å²) in [5.41, 5.74) is 0. The minimum atomic E-state index is -2.36. The van der Waals surface area contributed by atoms with E-state index in [0.717, 1.165) is 0 Å². The molecule has 0 aromatic heterocycles. The summed E-state index contributed by atoms with van der Waals surface area (Å²) in [6.07, 6.45) is -2.02. The van der Waals surface area contributed by atoms with Gasteiger partial charge in [0.05, 0.1) is 6.61 Å². The monoisotopic (exact) mass is 308 g/mol. The summed E-state index contributed by atoms with van der Waals surface area (Å²) in [5.74, 6) is -3.68. The topological polar surface area (TPSA) is 176 Å². The first-order valence-corrected chi connectivity index (χ1v) is 5.77. The van der Waals surface area contributed by atoms with Gasteiger partial charge in [-0.2, -0.15) is 0 Å². The maximum atomic E-state index is 10.1. The fraction of sp³-hybridized carbons (Fsp3) is 0.500. The molecule has 7 N–H and O–H groups in total. The van der Waals surface area contributed by atoms with Gasteiger partial charge in [-0.05, 0) is 6.92 Å². The summed E-state index contributed by atoms with van der Waals surface area (Å²) in [7, 11) is 0. The number of aliphatic hydroxyl groups excluding tert-OH is 5. The van der Waals surface area contributed by atoms with Crippen LogP contribution in [0, 0.1) is 0 Å². The molecular weight excluding hydrogens is 288 g/mol.